The smallest absolute Gasteiger partial charge is 0.251 e. The van der Waals surface area contributed by atoms with Crippen LogP contribution < -0.4 is 16.2 Å². The number of hydrogen-bond acceptors (Lipinski definition) is 4. The number of carbonyl (C=O) groups excluding carboxylic acids is 1. The van der Waals surface area contributed by atoms with Gasteiger partial charge in [-0.3, -0.25) is 9.59 Å². The van der Waals surface area contributed by atoms with Crippen LogP contribution in [0, 0.1) is 0 Å². The highest BCUT2D eigenvalue weighted by atomic mass is 16.3. The summed E-state index contributed by atoms with van der Waals surface area (Å²) in [5, 5.41) is 9.50. The lowest BCUT2D eigenvalue weighted by molar-refractivity contribution is -0.119. The van der Waals surface area contributed by atoms with Gasteiger partial charge in [-0.25, -0.2) is 0 Å². The largest absolute Gasteiger partial charge is 0.508 e. The van der Waals surface area contributed by atoms with Crippen molar-refractivity contribution in [1.82, 2.24) is 4.57 Å². The van der Waals surface area contributed by atoms with Crippen LogP contribution in [0.25, 0.3) is 0 Å². The molecule has 0 fully saturated rings. The van der Waals surface area contributed by atoms with E-state index in [1.54, 1.807) is 12.1 Å². The van der Waals surface area contributed by atoms with E-state index in [0.29, 0.717) is 17.9 Å². The number of likely N-dealkylation sites (N-methyl/N-ethyl adjacent to an activating group) is 1. The number of nitrogens with zero attached hydrogens (tertiary/aromatic N) is 2. The minimum Gasteiger partial charge on any atom is -0.508 e. The van der Waals surface area contributed by atoms with Crippen molar-refractivity contribution in [3.05, 3.63) is 52.9 Å². The zero-order chi connectivity index (χ0) is 15.4. The van der Waals surface area contributed by atoms with E-state index in [-0.39, 0.29) is 23.8 Å². The van der Waals surface area contributed by atoms with Gasteiger partial charge in [0.2, 0.25) is 5.91 Å². The summed E-state index contributed by atoms with van der Waals surface area (Å²) in [7, 11) is 0. The van der Waals surface area contributed by atoms with E-state index < -0.39 is 0 Å². The van der Waals surface area contributed by atoms with Crippen LogP contribution in [0.3, 0.4) is 0 Å². The SMILES string of the molecule is CCN(C(=O)Cn1cc(N)ccc1=O)c1cccc(O)c1. The first-order valence-electron chi connectivity index (χ1n) is 6.56. The predicted octanol–water partition coefficient (Wildman–Crippen LogP) is 1.19. The molecule has 0 saturated carbocycles. The van der Waals surface area contributed by atoms with Gasteiger partial charge in [-0.2, -0.15) is 0 Å². The van der Waals surface area contributed by atoms with Gasteiger partial charge in [0.15, 0.2) is 0 Å². The maximum atomic E-state index is 12.4. The standard InChI is InChI=1S/C15H17N3O3/c1-2-18(12-4-3-5-13(19)8-12)15(21)10-17-9-11(16)6-7-14(17)20/h3-9,19H,2,10,16H2,1H3. The van der Waals surface area contributed by atoms with Crippen LogP contribution in [0.4, 0.5) is 11.4 Å². The van der Waals surface area contributed by atoms with E-state index in [0.717, 1.165) is 0 Å². The van der Waals surface area contributed by atoms with Crippen LogP contribution >= 0.6 is 0 Å². The van der Waals surface area contributed by atoms with Gasteiger partial charge >= 0.3 is 0 Å². The van der Waals surface area contributed by atoms with Gasteiger partial charge in [0.1, 0.15) is 12.3 Å². The lowest BCUT2D eigenvalue weighted by atomic mass is 10.2. The summed E-state index contributed by atoms with van der Waals surface area (Å²) in [6.45, 7) is 2.15. The normalized spacial score (nSPS) is 10.3. The number of phenols is 1. The summed E-state index contributed by atoms with van der Waals surface area (Å²) in [6, 6.07) is 9.24. The molecule has 1 heterocycles. The third-order valence-corrected chi connectivity index (χ3v) is 3.07. The molecule has 0 radical (unpaired) electrons. The second kappa shape index (κ2) is 6.13. The molecule has 0 bridgehead atoms. The Bertz CT molecular complexity index is 709. The van der Waals surface area contributed by atoms with Gasteiger partial charge in [0.25, 0.3) is 5.56 Å². The summed E-state index contributed by atoms with van der Waals surface area (Å²) in [5.74, 6) is -0.171. The van der Waals surface area contributed by atoms with Crippen LogP contribution in [-0.2, 0) is 11.3 Å². The molecule has 0 aliphatic carbocycles. The first-order chi connectivity index (χ1) is 10.0. The molecule has 6 nitrogen and oxygen atoms in total. The summed E-state index contributed by atoms with van der Waals surface area (Å²) in [6.07, 6.45) is 1.44. The number of nitrogens with two attached hydrogens (primary N) is 1. The zero-order valence-corrected chi connectivity index (χ0v) is 11.7. The maximum absolute atomic E-state index is 12.4. The lowest BCUT2D eigenvalue weighted by Crippen LogP contribution is -2.36. The molecular weight excluding hydrogens is 270 g/mol. The van der Waals surface area contributed by atoms with Crippen molar-refractivity contribution in [2.75, 3.05) is 17.2 Å². The fourth-order valence-electron chi connectivity index (χ4n) is 2.07. The molecule has 2 rings (SSSR count). The van der Waals surface area contributed by atoms with E-state index >= 15 is 0 Å². The van der Waals surface area contributed by atoms with E-state index in [4.69, 9.17) is 5.73 Å². The van der Waals surface area contributed by atoms with Crippen molar-refractivity contribution in [3.8, 4) is 5.75 Å². The quantitative estimate of drug-likeness (QED) is 0.884. The Kier molecular flexibility index (Phi) is 4.27. The topological polar surface area (TPSA) is 88.6 Å². The highest BCUT2D eigenvalue weighted by Gasteiger charge is 2.15. The molecule has 1 amide bonds. The molecule has 0 saturated heterocycles. The number of phenolic OH excluding ortho intramolecular Hbond substituents is 1. The highest BCUT2D eigenvalue weighted by Crippen LogP contribution is 2.20. The second-order valence-corrected chi connectivity index (χ2v) is 4.59. The number of carbonyl (C=O) groups is 1. The molecule has 2 aromatic rings. The van der Waals surface area contributed by atoms with Crippen LogP contribution in [0.1, 0.15) is 6.92 Å². The summed E-state index contributed by atoms with van der Waals surface area (Å²) >= 11 is 0. The molecule has 1 aromatic carbocycles. The number of aromatic nitrogens is 1. The number of amides is 1. The van der Waals surface area contributed by atoms with Crippen molar-refractivity contribution in [2.24, 2.45) is 0 Å². The van der Waals surface area contributed by atoms with Crippen LogP contribution in [-0.4, -0.2) is 22.1 Å². The molecule has 6 heteroatoms. The third kappa shape index (κ3) is 3.42. The fourth-order valence-corrected chi connectivity index (χ4v) is 2.07. The number of aromatic hydroxyl groups is 1. The van der Waals surface area contributed by atoms with Gasteiger partial charge in [-0.15, -0.1) is 0 Å². The minimum atomic E-state index is -0.287. The number of rotatable bonds is 4. The van der Waals surface area contributed by atoms with Crippen molar-refractivity contribution >= 4 is 17.3 Å². The van der Waals surface area contributed by atoms with Gasteiger partial charge in [-0.1, -0.05) is 6.07 Å². The minimum absolute atomic E-state index is 0.0832. The zero-order valence-electron chi connectivity index (χ0n) is 11.7. The molecule has 1 aromatic heterocycles. The van der Waals surface area contributed by atoms with E-state index in [2.05, 4.69) is 0 Å². The lowest BCUT2D eigenvalue weighted by Gasteiger charge is -2.21. The number of benzene rings is 1. The fraction of sp³-hybridized carbons (Fsp3) is 0.200. The van der Waals surface area contributed by atoms with E-state index in [9.17, 15) is 14.7 Å². The Labute approximate surface area is 122 Å². The molecule has 0 aliphatic heterocycles. The van der Waals surface area contributed by atoms with Crippen LogP contribution in [0.5, 0.6) is 5.75 Å². The molecule has 0 unspecified atom stereocenters. The first-order valence-corrected chi connectivity index (χ1v) is 6.56. The predicted molar refractivity (Wildman–Crippen MR) is 81.2 cm³/mol. The molecular formula is C15H17N3O3. The Balaban J connectivity index is 2.25. The van der Waals surface area contributed by atoms with E-state index in [1.165, 1.54) is 39.9 Å². The molecule has 3 N–H and O–H groups in total. The molecule has 21 heavy (non-hydrogen) atoms. The molecule has 110 valence electrons. The summed E-state index contributed by atoms with van der Waals surface area (Å²) < 4.78 is 1.27. The Morgan fingerprint density at radius 3 is 2.76 bits per heavy atom. The summed E-state index contributed by atoms with van der Waals surface area (Å²) in [5.41, 5.74) is 6.34. The van der Waals surface area contributed by atoms with E-state index in [1.807, 2.05) is 6.92 Å². The van der Waals surface area contributed by atoms with Gasteiger partial charge < -0.3 is 20.3 Å². The summed E-state index contributed by atoms with van der Waals surface area (Å²) in [4.78, 5) is 25.6. The molecule has 0 aliphatic rings. The van der Waals surface area contributed by atoms with Crippen molar-refractivity contribution in [1.29, 1.82) is 0 Å². The number of anilines is 2. The van der Waals surface area contributed by atoms with Crippen LogP contribution in [0.2, 0.25) is 0 Å². The Morgan fingerprint density at radius 1 is 1.33 bits per heavy atom. The number of nitrogen functional groups attached to an aromatic ring is 1. The van der Waals surface area contributed by atoms with Crippen molar-refractivity contribution in [2.45, 2.75) is 13.5 Å². The Morgan fingerprint density at radius 2 is 2.10 bits per heavy atom. The van der Waals surface area contributed by atoms with Gasteiger partial charge in [0, 0.05) is 36.2 Å². The van der Waals surface area contributed by atoms with Gasteiger partial charge in [0.05, 0.1) is 0 Å². The first kappa shape index (κ1) is 14.6. The monoisotopic (exact) mass is 287 g/mol. The van der Waals surface area contributed by atoms with Crippen molar-refractivity contribution < 1.29 is 9.90 Å². The second-order valence-electron chi connectivity index (χ2n) is 4.59. The third-order valence-electron chi connectivity index (χ3n) is 3.07. The van der Waals surface area contributed by atoms with Crippen LogP contribution in [0.15, 0.2) is 47.4 Å². The molecule has 0 atom stereocenters. The van der Waals surface area contributed by atoms with Gasteiger partial charge in [-0.05, 0) is 25.1 Å². The number of pyridine rings is 1. The van der Waals surface area contributed by atoms with Crippen molar-refractivity contribution in [3.63, 3.8) is 0 Å². The maximum Gasteiger partial charge on any atom is 0.251 e. The number of hydrogen-bond donors (Lipinski definition) is 2. The molecule has 0 spiro atoms. The average Bonchev–Trinajstić information content (AvgIpc) is 2.44. The average molecular weight is 287 g/mol. The highest BCUT2D eigenvalue weighted by molar-refractivity contribution is 5.93. The Hall–Kier alpha value is -2.76.